The van der Waals surface area contributed by atoms with Crippen molar-refractivity contribution < 1.29 is 108 Å². The Bertz CT molecular complexity index is 4810. The van der Waals surface area contributed by atoms with E-state index in [4.69, 9.17) is 33.2 Å². The highest BCUT2D eigenvalue weighted by Gasteiger charge is 2.61. The van der Waals surface area contributed by atoms with Gasteiger partial charge in [0.05, 0.1) is 59.7 Å². The standard InChI is InChI=1S/C12H13F3O.2C12H14F2O.C12H16O.2C11H11F3O.C11H12F2O.C11H13FO/c1-7-4-5-9-10(6-7)16-8(2)11(3,13)12(9,14)15;1-7-4-5-10-11(6-7)15-9(3)8(2)12(10,13)14;1-7-4-5-10-8(2)9(3)12(13,14)15-11(10)6-7;1-8-4-5-11-7-9(2)10(3)13-12(11)6-8;1-6-3-9(12)8-5-7(2)11(13,14)15-10(8)4-6;1-6-3-8(12)10-9(4-6)15-5-7(2)11(10,13)14;1-7-3-9(12)8-5-11(2,13)6-14-10(8)4-7;1-7-4-10(12)9-3-8(2)6-13-11(9)5-7/h4-6,8H,1-3H3;2*4-6,8-9H,1-3H3;4-6,9-10H,7H2,1-3H3;2*3-4,7H,5H2,1-2H3;3-4H,5-6H2,1-2H3;4-5,8H,3,6H2,1-2H3. The lowest BCUT2D eigenvalue weighted by molar-refractivity contribution is -0.224. The molecule has 24 heteroatoms. The molecule has 0 N–H and O–H groups in total. The van der Waals surface area contributed by atoms with E-state index in [1.807, 2.05) is 45.9 Å². The van der Waals surface area contributed by atoms with Gasteiger partial charge in [0, 0.05) is 23.1 Å². The fraction of sp³-hybridized carbons (Fsp3) is 0.478. The number of alkyl halides is 12. The van der Waals surface area contributed by atoms with Crippen LogP contribution in [-0.2, 0) is 43.5 Å². The van der Waals surface area contributed by atoms with Gasteiger partial charge < -0.3 is 37.9 Å². The second-order valence-electron chi connectivity index (χ2n) is 32.9. The van der Waals surface area contributed by atoms with Crippen molar-refractivity contribution in [1.82, 2.24) is 0 Å². The van der Waals surface area contributed by atoms with E-state index >= 15 is 0 Å². The fourth-order valence-electron chi connectivity index (χ4n) is 14.1. The first-order valence-electron chi connectivity index (χ1n) is 38.9. The molecular weight excluding hydrogens is 1540 g/mol. The molecule has 0 saturated heterocycles. The highest BCUT2D eigenvalue weighted by Crippen LogP contribution is 2.53. The lowest BCUT2D eigenvalue weighted by atomic mass is 9.85. The van der Waals surface area contributed by atoms with Crippen LogP contribution in [0.5, 0.6) is 46.0 Å². The molecule has 0 fully saturated rings. The quantitative estimate of drug-likeness (QED) is 0.139. The van der Waals surface area contributed by atoms with E-state index < -0.39 is 94.4 Å². The molecule has 116 heavy (non-hydrogen) atoms. The van der Waals surface area contributed by atoms with Crippen LogP contribution in [0.2, 0.25) is 0 Å². The largest absolute Gasteiger partial charge is 0.493 e. The van der Waals surface area contributed by atoms with Crippen molar-refractivity contribution in [2.75, 3.05) is 19.8 Å². The first-order chi connectivity index (χ1) is 53.7. The molecule has 8 aliphatic heterocycles. The van der Waals surface area contributed by atoms with Crippen LogP contribution < -0.4 is 37.9 Å². The van der Waals surface area contributed by atoms with Crippen molar-refractivity contribution >= 4 is 0 Å². The molecule has 8 aromatic rings. The molecule has 16 rings (SSSR count). The number of ether oxygens (including phenoxy) is 8. The van der Waals surface area contributed by atoms with Crippen LogP contribution >= 0.6 is 0 Å². The molecule has 8 heterocycles. The number of benzene rings is 8. The minimum absolute atomic E-state index is 0.00287. The van der Waals surface area contributed by atoms with Crippen molar-refractivity contribution in [3.63, 3.8) is 0 Å². The van der Waals surface area contributed by atoms with E-state index in [0.29, 0.717) is 58.5 Å². The molecule has 8 nitrogen and oxygen atoms in total. The molecule has 0 bridgehead atoms. The van der Waals surface area contributed by atoms with Gasteiger partial charge in [-0.2, -0.15) is 26.3 Å². The summed E-state index contributed by atoms with van der Waals surface area (Å²) < 4.78 is 259. The number of rotatable bonds is 0. The van der Waals surface area contributed by atoms with Crippen LogP contribution in [0.3, 0.4) is 0 Å². The molecule has 0 amide bonds. The summed E-state index contributed by atoms with van der Waals surface area (Å²) in [5, 5.41) is 0. The van der Waals surface area contributed by atoms with E-state index in [0.717, 1.165) is 76.3 Å². The van der Waals surface area contributed by atoms with E-state index in [2.05, 4.69) is 50.6 Å². The van der Waals surface area contributed by atoms with Crippen LogP contribution in [-0.4, -0.2) is 61.7 Å². The van der Waals surface area contributed by atoms with E-state index in [1.54, 1.807) is 65.0 Å². The third-order valence-corrected chi connectivity index (χ3v) is 22.3. The Balaban J connectivity index is 0.000000152. The Morgan fingerprint density at radius 2 is 0.810 bits per heavy atom. The van der Waals surface area contributed by atoms with Gasteiger partial charge in [-0.25, -0.2) is 43.9 Å². The fourth-order valence-corrected chi connectivity index (χ4v) is 14.1. The van der Waals surface area contributed by atoms with E-state index in [9.17, 15) is 70.2 Å². The summed E-state index contributed by atoms with van der Waals surface area (Å²) in [4.78, 5) is 0. The van der Waals surface area contributed by atoms with Crippen molar-refractivity contribution in [2.24, 2.45) is 35.5 Å². The molecule has 0 radical (unpaired) electrons. The summed E-state index contributed by atoms with van der Waals surface area (Å²) in [5.41, 5.74) is 5.31. The van der Waals surface area contributed by atoms with Gasteiger partial charge in [0.25, 0.3) is 11.8 Å². The maximum absolute atomic E-state index is 13.9. The number of hydrogen-bond donors (Lipinski definition) is 0. The zero-order chi connectivity index (χ0) is 86.2. The molecule has 0 saturated carbocycles. The Labute approximate surface area is 669 Å². The predicted molar refractivity (Wildman–Crippen MR) is 416 cm³/mol. The van der Waals surface area contributed by atoms with Gasteiger partial charge in [0.2, 0.25) is 5.67 Å². The molecule has 12 unspecified atom stereocenters. The molecule has 8 aliphatic rings. The van der Waals surface area contributed by atoms with Crippen molar-refractivity contribution in [3.05, 3.63) is 234 Å². The van der Waals surface area contributed by atoms with Gasteiger partial charge in [0.15, 0.2) is 0 Å². The van der Waals surface area contributed by atoms with Crippen LogP contribution in [0, 0.1) is 114 Å². The Morgan fingerprint density at radius 3 is 1.40 bits per heavy atom. The molecule has 0 spiro atoms. The smallest absolute Gasteiger partial charge is 0.401 e. The normalized spacial score (nSPS) is 26.0. The molecule has 0 aromatic heterocycles. The summed E-state index contributed by atoms with van der Waals surface area (Å²) in [5.74, 6) is -11.0. The Kier molecular flexibility index (Phi) is 27.7. The number of fused-ring (bicyclic) bond motifs is 8. The summed E-state index contributed by atoms with van der Waals surface area (Å²) in [6.07, 6.45) is -5.48. The van der Waals surface area contributed by atoms with Crippen LogP contribution in [0.4, 0.5) is 70.2 Å². The van der Waals surface area contributed by atoms with Crippen molar-refractivity contribution in [1.29, 1.82) is 0 Å². The van der Waals surface area contributed by atoms with Gasteiger partial charge in [-0.3, -0.25) is 0 Å². The lowest BCUT2D eigenvalue weighted by Crippen LogP contribution is -2.53. The van der Waals surface area contributed by atoms with Gasteiger partial charge in [-0.15, -0.1) is 0 Å². The minimum atomic E-state index is -3.52. The van der Waals surface area contributed by atoms with Crippen molar-refractivity contribution in [2.45, 2.75) is 230 Å². The summed E-state index contributed by atoms with van der Waals surface area (Å²) in [7, 11) is 0. The van der Waals surface area contributed by atoms with Crippen molar-refractivity contribution in [3.8, 4) is 46.0 Å². The summed E-state index contributed by atoms with van der Waals surface area (Å²) in [6.45, 7) is 34.5. The van der Waals surface area contributed by atoms with Crippen LogP contribution in [0.1, 0.15) is 178 Å². The van der Waals surface area contributed by atoms with Gasteiger partial charge in [0.1, 0.15) is 93.7 Å². The topological polar surface area (TPSA) is 73.8 Å². The third-order valence-electron chi connectivity index (χ3n) is 22.3. The number of aryl methyl sites for hydroxylation is 8. The van der Waals surface area contributed by atoms with Crippen LogP contribution in [0.15, 0.2) is 121 Å². The maximum atomic E-state index is 13.9. The SMILES string of the molecule is Cc1cc(F)c2c(c1)OC(F)(F)C(C)C2.Cc1cc(F)c2c(c1)OCC(C)(F)C2.Cc1cc(F)c2c(c1)OCC(C)C2.Cc1cc(F)c2c(c1)OCC(C)C2(F)F.Cc1ccc2c(c1)OC(C)C(C)(F)C2(F)F.Cc1ccc2c(c1)OC(C)C(C)C2.Cc1ccc2c(c1)OC(C)C(C)C2(F)F.Cc1ccc2c(c1)OC(F)(F)C(C)C2C. The second-order valence-corrected chi connectivity index (χ2v) is 32.9. The first-order valence-corrected chi connectivity index (χ1v) is 38.9. The molecule has 8 aromatic carbocycles. The molecule has 0 aliphatic carbocycles. The Morgan fingerprint density at radius 1 is 0.362 bits per heavy atom. The second kappa shape index (κ2) is 35.3. The monoisotopic (exact) mass is 1640 g/mol. The van der Waals surface area contributed by atoms with Gasteiger partial charge >= 0.3 is 18.1 Å². The predicted octanol–water partition coefficient (Wildman–Crippen LogP) is 25.8. The lowest BCUT2D eigenvalue weighted by Gasteiger charge is -2.40. The zero-order valence-electron chi connectivity index (χ0n) is 69.1. The Hall–Kier alpha value is -8.96. The highest BCUT2D eigenvalue weighted by molar-refractivity contribution is 5.48. The molecule has 632 valence electrons. The maximum Gasteiger partial charge on any atom is 0.401 e. The van der Waals surface area contributed by atoms with Gasteiger partial charge in [-0.05, 0) is 268 Å². The average Bonchev–Trinajstić information content (AvgIpc) is 0.736. The number of hydrogen-bond acceptors (Lipinski definition) is 8. The summed E-state index contributed by atoms with van der Waals surface area (Å²) in [6, 6.07) is 33.0. The first kappa shape index (κ1) is 90.9. The highest BCUT2D eigenvalue weighted by atomic mass is 19.3. The zero-order valence-corrected chi connectivity index (χ0v) is 69.1. The minimum Gasteiger partial charge on any atom is -0.493 e. The summed E-state index contributed by atoms with van der Waals surface area (Å²) >= 11 is 0. The molecule has 12 atom stereocenters. The van der Waals surface area contributed by atoms with E-state index in [1.165, 1.54) is 101 Å². The third kappa shape index (κ3) is 20.6. The average molecular weight is 1640 g/mol. The van der Waals surface area contributed by atoms with E-state index in [-0.39, 0.29) is 77.5 Å². The number of halogens is 16. The molecular formula is C92H104F16O8. The van der Waals surface area contributed by atoms with Gasteiger partial charge in [-0.1, -0.05) is 84.9 Å². The van der Waals surface area contributed by atoms with Crippen LogP contribution in [0.25, 0.3) is 0 Å².